The van der Waals surface area contributed by atoms with E-state index in [1.807, 2.05) is 16.3 Å². The van der Waals surface area contributed by atoms with E-state index in [-0.39, 0.29) is 18.0 Å². The average Bonchev–Trinajstić information content (AvgIpc) is 3.11. The van der Waals surface area contributed by atoms with E-state index >= 15 is 0 Å². The maximum absolute atomic E-state index is 12.2. The van der Waals surface area contributed by atoms with Crippen molar-refractivity contribution in [1.82, 2.24) is 15.5 Å². The Morgan fingerprint density at radius 3 is 2.90 bits per heavy atom. The zero-order valence-electron chi connectivity index (χ0n) is 12.0. The van der Waals surface area contributed by atoms with Crippen LogP contribution in [0.3, 0.4) is 0 Å². The predicted molar refractivity (Wildman–Crippen MR) is 84.7 cm³/mol. The van der Waals surface area contributed by atoms with Gasteiger partial charge in [-0.1, -0.05) is 6.07 Å². The molecule has 0 spiro atoms. The standard InChI is InChI=1S/C14H20ClN3O2S/c1-10(15)13(19)16-6-7-17-14(20)18-8-2-4-11(18)12-5-3-9-21-12/h3,5,9-11H,2,4,6-8H2,1H3,(H,16,19)(H,17,20)/t10-,11-/m0/s1. The Kier molecular flexibility index (Phi) is 5.87. The number of hydrogen-bond acceptors (Lipinski definition) is 3. The minimum Gasteiger partial charge on any atom is -0.353 e. The van der Waals surface area contributed by atoms with Crippen molar-refractivity contribution >= 4 is 34.9 Å². The number of urea groups is 1. The fourth-order valence-electron chi connectivity index (χ4n) is 2.38. The van der Waals surface area contributed by atoms with Crippen molar-refractivity contribution in [2.24, 2.45) is 0 Å². The molecule has 1 fully saturated rings. The second-order valence-electron chi connectivity index (χ2n) is 5.01. The van der Waals surface area contributed by atoms with Crippen LogP contribution in [0, 0.1) is 0 Å². The number of nitrogens with zero attached hydrogens (tertiary/aromatic N) is 1. The fraction of sp³-hybridized carbons (Fsp3) is 0.571. The van der Waals surface area contributed by atoms with Gasteiger partial charge >= 0.3 is 6.03 Å². The molecular weight excluding hydrogens is 310 g/mol. The summed E-state index contributed by atoms with van der Waals surface area (Å²) in [4.78, 5) is 26.6. The number of nitrogens with one attached hydrogen (secondary N) is 2. The molecule has 5 nitrogen and oxygen atoms in total. The first-order valence-corrected chi connectivity index (χ1v) is 8.41. The highest BCUT2D eigenvalue weighted by Gasteiger charge is 2.30. The lowest BCUT2D eigenvalue weighted by molar-refractivity contribution is -0.120. The minimum atomic E-state index is -0.553. The molecule has 3 amide bonds. The summed E-state index contributed by atoms with van der Waals surface area (Å²) in [5, 5.41) is 6.99. The number of thiophene rings is 1. The Morgan fingerprint density at radius 2 is 2.24 bits per heavy atom. The summed E-state index contributed by atoms with van der Waals surface area (Å²) in [5.74, 6) is -0.219. The Labute approximate surface area is 133 Å². The van der Waals surface area contributed by atoms with Gasteiger partial charge in [0, 0.05) is 24.5 Å². The molecule has 1 aliphatic heterocycles. The van der Waals surface area contributed by atoms with Crippen LogP contribution >= 0.6 is 22.9 Å². The van der Waals surface area contributed by atoms with Gasteiger partial charge in [-0.25, -0.2) is 4.79 Å². The van der Waals surface area contributed by atoms with Crippen LogP contribution in [0.4, 0.5) is 4.79 Å². The molecule has 2 atom stereocenters. The van der Waals surface area contributed by atoms with Crippen molar-refractivity contribution in [3.05, 3.63) is 22.4 Å². The van der Waals surface area contributed by atoms with Gasteiger partial charge in [0.25, 0.3) is 0 Å². The molecule has 7 heteroatoms. The lowest BCUT2D eigenvalue weighted by atomic mass is 10.2. The second-order valence-corrected chi connectivity index (χ2v) is 6.64. The molecule has 2 rings (SSSR count). The van der Waals surface area contributed by atoms with E-state index in [0.29, 0.717) is 13.1 Å². The number of rotatable bonds is 5. The van der Waals surface area contributed by atoms with Gasteiger partial charge < -0.3 is 15.5 Å². The second kappa shape index (κ2) is 7.66. The number of carbonyl (C=O) groups is 2. The van der Waals surface area contributed by atoms with Gasteiger partial charge in [0.05, 0.1) is 6.04 Å². The highest BCUT2D eigenvalue weighted by molar-refractivity contribution is 7.10. The molecule has 2 heterocycles. The van der Waals surface area contributed by atoms with Crippen LogP contribution in [0.15, 0.2) is 17.5 Å². The lowest BCUT2D eigenvalue weighted by Gasteiger charge is -2.24. The number of amides is 3. The van der Waals surface area contributed by atoms with E-state index in [9.17, 15) is 9.59 Å². The quantitative estimate of drug-likeness (QED) is 0.643. The molecule has 0 radical (unpaired) electrons. The summed E-state index contributed by atoms with van der Waals surface area (Å²) in [5.41, 5.74) is 0. The third-order valence-electron chi connectivity index (χ3n) is 3.45. The van der Waals surface area contributed by atoms with Crippen LogP contribution in [-0.2, 0) is 4.79 Å². The maximum Gasteiger partial charge on any atom is 0.318 e. The maximum atomic E-state index is 12.2. The molecule has 21 heavy (non-hydrogen) atoms. The molecule has 0 saturated carbocycles. The average molecular weight is 330 g/mol. The normalized spacial score (nSPS) is 19.3. The Bertz CT molecular complexity index is 479. The van der Waals surface area contributed by atoms with E-state index in [1.54, 1.807) is 18.3 Å². The van der Waals surface area contributed by atoms with E-state index in [2.05, 4.69) is 16.7 Å². The highest BCUT2D eigenvalue weighted by atomic mass is 35.5. The fourth-order valence-corrected chi connectivity index (χ4v) is 3.33. The molecule has 1 aromatic heterocycles. The first-order valence-electron chi connectivity index (χ1n) is 7.09. The Balaban J connectivity index is 1.76. The summed E-state index contributed by atoms with van der Waals surface area (Å²) < 4.78 is 0. The minimum absolute atomic E-state index is 0.0703. The molecule has 0 aromatic carbocycles. The molecule has 1 aliphatic rings. The van der Waals surface area contributed by atoms with Gasteiger partial charge in [-0.15, -0.1) is 22.9 Å². The van der Waals surface area contributed by atoms with Gasteiger partial charge in [0.1, 0.15) is 5.38 Å². The number of carbonyl (C=O) groups excluding carboxylic acids is 2. The third-order valence-corrected chi connectivity index (χ3v) is 4.62. The third kappa shape index (κ3) is 4.35. The van der Waals surface area contributed by atoms with E-state index in [1.165, 1.54) is 4.88 Å². The van der Waals surface area contributed by atoms with Gasteiger partial charge in [0.2, 0.25) is 5.91 Å². The van der Waals surface area contributed by atoms with E-state index < -0.39 is 5.38 Å². The molecule has 2 N–H and O–H groups in total. The van der Waals surface area contributed by atoms with Gasteiger partial charge in [-0.05, 0) is 31.2 Å². The number of halogens is 1. The molecular formula is C14H20ClN3O2S. The smallest absolute Gasteiger partial charge is 0.318 e. The summed E-state index contributed by atoms with van der Waals surface area (Å²) in [6.45, 7) is 3.19. The largest absolute Gasteiger partial charge is 0.353 e. The van der Waals surface area contributed by atoms with E-state index in [0.717, 1.165) is 19.4 Å². The van der Waals surface area contributed by atoms with Crippen molar-refractivity contribution in [2.75, 3.05) is 19.6 Å². The van der Waals surface area contributed by atoms with Crippen molar-refractivity contribution < 1.29 is 9.59 Å². The highest BCUT2D eigenvalue weighted by Crippen LogP contribution is 2.34. The summed E-state index contributed by atoms with van der Waals surface area (Å²) >= 11 is 7.33. The van der Waals surface area contributed by atoms with Crippen molar-refractivity contribution in [1.29, 1.82) is 0 Å². The molecule has 0 bridgehead atoms. The number of likely N-dealkylation sites (tertiary alicyclic amines) is 1. The van der Waals surface area contributed by atoms with Crippen LogP contribution in [0.1, 0.15) is 30.7 Å². The van der Waals surface area contributed by atoms with Crippen molar-refractivity contribution in [3.63, 3.8) is 0 Å². The van der Waals surface area contributed by atoms with Crippen molar-refractivity contribution in [3.8, 4) is 0 Å². The molecule has 0 unspecified atom stereocenters. The Morgan fingerprint density at radius 1 is 1.48 bits per heavy atom. The van der Waals surface area contributed by atoms with Gasteiger partial charge in [-0.2, -0.15) is 0 Å². The lowest BCUT2D eigenvalue weighted by Crippen LogP contribution is -2.43. The molecule has 0 aliphatic carbocycles. The van der Waals surface area contributed by atoms with Crippen LogP contribution in [0.25, 0.3) is 0 Å². The number of alkyl halides is 1. The SMILES string of the molecule is C[C@H](Cl)C(=O)NCCNC(=O)N1CCC[C@H]1c1cccs1. The first kappa shape index (κ1) is 16.1. The monoisotopic (exact) mass is 329 g/mol. The topological polar surface area (TPSA) is 61.4 Å². The first-order chi connectivity index (χ1) is 10.1. The van der Waals surface area contributed by atoms with Gasteiger partial charge in [0.15, 0.2) is 0 Å². The molecule has 1 aromatic rings. The van der Waals surface area contributed by atoms with Gasteiger partial charge in [-0.3, -0.25) is 4.79 Å². The summed E-state index contributed by atoms with van der Waals surface area (Å²) in [6.07, 6.45) is 2.03. The van der Waals surface area contributed by atoms with Crippen molar-refractivity contribution in [2.45, 2.75) is 31.2 Å². The van der Waals surface area contributed by atoms with Crippen LogP contribution < -0.4 is 10.6 Å². The molecule has 1 saturated heterocycles. The molecule has 116 valence electrons. The predicted octanol–water partition coefficient (Wildman–Crippen LogP) is 2.34. The van der Waals surface area contributed by atoms with Crippen LogP contribution in [0.2, 0.25) is 0 Å². The van der Waals surface area contributed by atoms with Crippen LogP contribution in [0.5, 0.6) is 0 Å². The summed E-state index contributed by atoms with van der Waals surface area (Å²) in [7, 11) is 0. The van der Waals surface area contributed by atoms with Crippen LogP contribution in [-0.4, -0.2) is 41.8 Å². The zero-order valence-corrected chi connectivity index (χ0v) is 13.5. The Hall–Kier alpha value is -1.27. The van der Waals surface area contributed by atoms with E-state index in [4.69, 9.17) is 11.6 Å². The zero-order chi connectivity index (χ0) is 15.2. The summed E-state index contributed by atoms with van der Waals surface area (Å²) in [6, 6.07) is 4.20. The number of hydrogen-bond donors (Lipinski definition) is 2.